The average Bonchev–Trinajstić information content (AvgIpc) is 1.98. The van der Waals surface area contributed by atoms with Crippen LogP contribution in [-0.2, 0) is 0 Å². The van der Waals surface area contributed by atoms with E-state index in [1.807, 2.05) is 11.8 Å². The summed E-state index contributed by atoms with van der Waals surface area (Å²) in [6.45, 7) is 2.20. The Balaban J connectivity index is 0. The first-order chi connectivity index (χ1) is 6.06. The zero-order valence-electron chi connectivity index (χ0n) is 9.75. The van der Waals surface area contributed by atoms with Crippen LogP contribution in [0, 0.1) is 0 Å². The SMILES string of the molecule is CCCS/C(C=[N+](C)C)=C/N(C)C.[I-]. The van der Waals surface area contributed by atoms with Gasteiger partial charge in [-0.05, 0) is 12.2 Å². The van der Waals surface area contributed by atoms with Crippen molar-refractivity contribution >= 4 is 18.0 Å². The Morgan fingerprint density at radius 3 is 2.29 bits per heavy atom. The maximum absolute atomic E-state index is 2.20. The predicted octanol–water partition coefficient (Wildman–Crippen LogP) is -1.12. The lowest BCUT2D eigenvalue weighted by molar-refractivity contribution is -0.458. The van der Waals surface area contributed by atoms with Crippen LogP contribution in [0.2, 0.25) is 0 Å². The summed E-state index contributed by atoms with van der Waals surface area (Å²) in [4.78, 5) is 3.40. The average molecular weight is 328 g/mol. The highest BCUT2D eigenvalue weighted by Crippen LogP contribution is 2.14. The molecular formula is C10H21IN2S. The first-order valence-corrected chi connectivity index (χ1v) is 5.57. The van der Waals surface area contributed by atoms with Crippen LogP contribution >= 0.6 is 11.8 Å². The number of hydrogen-bond acceptors (Lipinski definition) is 2. The molecule has 0 aliphatic carbocycles. The van der Waals surface area contributed by atoms with Gasteiger partial charge < -0.3 is 28.9 Å². The van der Waals surface area contributed by atoms with Crippen LogP contribution in [0.25, 0.3) is 0 Å². The molecule has 0 N–H and O–H groups in total. The van der Waals surface area contributed by atoms with Gasteiger partial charge in [0, 0.05) is 20.3 Å². The minimum absolute atomic E-state index is 0. The maximum atomic E-state index is 2.20. The predicted molar refractivity (Wildman–Crippen MR) is 62.7 cm³/mol. The Labute approximate surface area is 109 Å². The highest BCUT2D eigenvalue weighted by atomic mass is 127. The summed E-state index contributed by atoms with van der Waals surface area (Å²) in [6.07, 6.45) is 5.53. The second kappa shape index (κ2) is 9.83. The minimum Gasteiger partial charge on any atom is -1.00 e. The van der Waals surface area contributed by atoms with Gasteiger partial charge in [0.2, 0.25) is 0 Å². The van der Waals surface area contributed by atoms with Crippen molar-refractivity contribution in [2.45, 2.75) is 13.3 Å². The third-order valence-electron chi connectivity index (χ3n) is 1.24. The van der Waals surface area contributed by atoms with Crippen molar-refractivity contribution in [3.63, 3.8) is 0 Å². The first kappa shape index (κ1) is 16.7. The molecule has 0 radical (unpaired) electrons. The van der Waals surface area contributed by atoms with E-state index in [-0.39, 0.29) is 24.0 Å². The molecule has 0 aliphatic rings. The van der Waals surface area contributed by atoms with Crippen LogP contribution in [0.4, 0.5) is 0 Å². The molecule has 0 fully saturated rings. The molecule has 0 aromatic rings. The fourth-order valence-electron chi connectivity index (χ4n) is 0.837. The molecule has 0 saturated heterocycles. The quantitative estimate of drug-likeness (QED) is 0.358. The molecule has 0 amide bonds. The molecule has 0 aromatic heterocycles. The lowest BCUT2D eigenvalue weighted by Gasteiger charge is -2.06. The molecule has 0 atom stereocenters. The summed E-state index contributed by atoms with van der Waals surface area (Å²) in [5, 5.41) is 0. The molecule has 0 saturated carbocycles. The summed E-state index contributed by atoms with van der Waals surface area (Å²) in [7, 11) is 8.21. The van der Waals surface area contributed by atoms with Gasteiger partial charge in [0.15, 0.2) is 6.21 Å². The van der Waals surface area contributed by atoms with Crippen molar-refractivity contribution in [2.24, 2.45) is 0 Å². The molecule has 84 valence electrons. The van der Waals surface area contributed by atoms with Gasteiger partial charge in [-0.3, -0.25) is 0 Å². The van der Waals surface area contributed by atoms with E-state index < -0.39 is 0 Å². The van der Waals surface area contributed by atoms with Gasteiger partial charge in [0.1, 0.15) is 14.1 Å². The summed E-state index contributed by atoms with van der Waals surface area (Å²) in [5.74, 6) is 1.18. The van der Waals surface area contributed by atoms with E-state index in [9.17, 15) is 0 Å². The van der Waals surface area contributed by atoms with Crippen molar-refractivity contribution in [2.75, 3.05) is 33.9 Å². The van der Waals surface area contributed by atoms with E-state index in [0.717, 1.165) is 0 Å². The van der Waals surface area contributed by atoms with E-state index >= 15 is 0 Å². The molecule has 0 heterocycles. The van der Waals surface area contributed by atoms with Crippen molar-refractivity contribution in [1.29, 1.82) is 0 Å². The van der Waals surface area contributed by atoms with E-state index in [4.69, 9.17) is 0 Å². The van der Waals surface area contributed by atoms with Gasteiger partial charge >= 0.3 is 0 Å². The van der Waals surface area contributed by atoms with Crippen molar-refractivity contribution < 1.29 is 28.6 Å². The Kier molecular flexibility index (Phi) is 11.7. The molecule has 0 aromatic carbocycles. The highest BCUT2D eigenvalue weighted by molar-refractivity contribution is 8.03. The van der Waals surface area contributed by atoms with Gasteiger partial charge in [0.05, 0.1) is 4.91 Å². The number of halogens is 1. The third kappa shape index (κ3) is 10.4. The van der Waals surface area contributed by atoms with Crippen LogP contribution in [0.15, 0.2) is 11.1 Å². The number of nitrogens with zero attached hydrogens (tertiary/aromatic N) is 2. The Morgan fingerprint density at radius 2 is 1.93 bits per heavy atom. The number of rotatable bonds is 5. The molecule has 2 nitrogen and oxygen atoms in total. The molecule has 0 rings (SSSR count). The van der Waals surface area contributed by atoms with Crippen LogP contribution in [0.5, 0.6) is 0 Å². The standard InChI is InChI=1S/C10H21N2S.HI/c1-6-7-13-10(8-11(2)3)9-12(4)5;/h8-9H,6-7H2,1-5H3;1H/q+1;/p-1. The molecule has 4 heteroatoms. The van der Waals surface area contributed by atoms with Crippen LogP contribution in [-0.4, -0.2) is 49.6 Å². The minimum atomic E-state index is 0. The molecule has 0 bridgehead atoms. The normalized spacial score (nSPS) is 10.5. The Morgan fingerprint density at radius 1 is 1.36 bits per heavy atom. The van der Waals surface area contributed by atoms with Crippen LogP contribution < -0.4 is 24.0 Å². The molecule has 0 unspecified atom stereocenters. The van der Waals surface area contributed by atoms with E-state index in [0.29, 0.717) is 0 Å². The largest absolute Gasteiger partial charge is 1.00 e. The summed E-state index contributed by atoms with van der Waals surface area (Å²) in [6, 6.07) is 0. The topological polar surface area (TPSA) is 6.25 Å². The van der Waals surface area contributed by atoms with Crippen LogP contribution in [0.3, 0.4) is 0 Å². The van der Waals surface area contributed by atoms with Gasteiger partial charge in [-0.15, -0.1) is 11.8 Å². The molecule has 14 heavy (non-hydrogen) atoms. The highest BCUT2D eigenvalue weighted by Gasteiger charge is 1.98. The van der Waals surface area contributed by atoms with Gasteiger partial charge in [-0.1, -0.05) is 6.92 Å². The lowest BCUT2D eigenvalue weighted by Crippen LogP contribution is -3.00. The molecule has 0 spiro atoms. The van der Waals surface area contributed by atoms with Crippen molar-refractivity contribution in [3.8, 4) is 0 Å². The molecule has 0 aliphatic heterocycles. The Bertz CT molecular complexity index is 196. The maximum Gasteiger partial charge on any atom is 0.178 e. The zero-order chi connectivity index (χ0) is 10.3. The molecular weight excluding hydrogens is 307 g/mol. The van der Waals surface area contributed by atoms with E-state index in [1.54, 1.807) is 0 Å². The third-order valence-corrected chi connectivity index (χ3v) is 2.40. The van der Waals surface area contributed by atoms with Crippen molar-refractivity contribution in [1.82, 2.24) is 4.90 Å². The van der Waals surface area contributed by atoms with Gasteiger partial charge in [0.25, 0.3) is 0 Å². The lowest BCUT2D eigenvalue weighted by atomic mass is 10.6. The Hall–Kier alpha value is 0.290. The summed E-state index contributed by atoms with van der Waals surface area (Å²) < 4.78 is 2.08. The van der Waals surface area contributed by atoms with Crippen molar-refractivity contribution in [3.05, 3.63) is 11.1 Å². The van der Waals surface area contributed by atoms with E-state index in [2.05, 4.69) is 57.0 Å². The first-order valence-electron chi connectivity index (χ1n) is 4.58. The fraction of sp³-hybridized carbons (Fsp3) is 0.700. The van der Waals surface area contributed by atoms with Gasteiger partial charge in [-0.2, -0.15) is 0 Å². The monoisotopic (exact) mass is 328 g/mol. The van der Waals surface area contributed by atoms with E-state index in [1.165, 1.54) is 17.1 Å². The van der Waals surface area contributed by atoms with Crippen LogP contribution in [0.1, 0.15) is 13.3 Å². The summed E-state index contributed by atoms with van der Waals surface area (Å²) in [5.41, 5.74) is 0. The summed E-state index contributed by atoms with van der Waals surface area (Å²) >= 11 is 1.90. The van der Waals surface area contributed by atoms with Gasteiger partial charge in [-0.25, -0.2) is 4.58 Å². The zero-order valence-corrected chi connectivity index (χ0v) is 12.7. The fourth-order valence-corrected chi connectivity index (χ4v) is 1.85. The second-order valence-electron chi connectivity index (χ2n) is 3.44. The number of hydrogen-bond donors (Lipinski definition) is 0. The second-order valence-corrected chi connectivity index (χ2v) is 4.60. The smallest absolute Gasteiger partial charge is 0.178 e. The number of allylic oxidation sites excluding steroid dienone is 1. The number of thioether (sulfide) groups is 1.